The molecule has 0 saturated heterocycles. The van der Waals surface area contributed by atoms with Crippen LogP contribution in [-0.4, -0.2) is 6.61 Å². The lowest BCUT2D eigenvalue weighted by Gasteiger charge is -2.05. The van der Waals surface area contributed by atoms with E-state index in [0.29, 0.717) is 6.61 Å². The zero-order chi connectivity index (χ0) is 11.1. The Hall–Kier alpha value is -1.76. The molecule has 2 aromatic rings. The molecule has 0 aromatic heterocycles. The van der Waals surface area contributed by atoms with E-state index in [9.17, 15) is 0 Å². The number of ether oxygens (including phenoxy) is 1. The van der Waals surface area contributed by atoms with Gasteiger partial charge in [0.1, 0.15) is 5.75 Å². The van der Waals surface area contributed by atoms with Crippen LogP contribution in [0, 0.1) is 6.42 Å². The minimum absolute atomic E-state index is 0.652. The smallest absolute Gasteiger partial charge is 0.119 e. The van der Waals surface area contributed by atoms with Crippen molar-refractivity contribution < 1.29 is 4.74 Å². The molecule has 2 rings (SSSR count). The summed E-state index contributed by atoms with van der Waals surface area (Å²) in [6.45, 7) is 0.652. The van der Waals surface area contributed by atoms with Gasteiger partial charge in [-0.25, -0.2) is 0 Å². The molecule has 0 aliphatic rings. The van der Waals surface area contributed by atoms with Crippen molar-refractivity contribution in [3.8, 4) is 5.75 Å². The predicted molar refractivity (Wildman–Crippen MR) is 66.4 cm³/mol. The van der Waals surface area contributed by atoms with E-state index in [1.807, 2.05) is 36.4 Å². The van der Waals surface area contributed by atoms with Crippen molar-refractivity contribution in [1.82, 2.24) is 0 Å². The number of hydrogen-bond acceptors (Lipinski definition) is 1. The summed E-state index contributed by atoms with van der Waals surface area (Å²) in [6.07, 6.45) is 3.09. The first-order valence-electron chi connectivity index (χ1n) is 5.48. The van der Waals surface area contributed by atoms with Gasteiger partial charge in [-0.05, 0) is 24.1 Å². The summed E-state index contributed by atoms with van der Waals surface area (Å²) in [4.78, 5) is 0. The van der Waals surface area contributed by atoms with Crippen molar-refractivity contribution in [2.75, 3.05) is 6.61 Å². The molecule has 0 N–H and O–H groups in total. The molecule has 0 spiro atoms. The topological polar surface area (TPSA) is 9.23 Å². The minimum Gasteiger partial charge on any atom is -0.493 e. The first-order valence-corrected chi connectivity index (χ1v) is 5.48. The van der Waals surface area contributed by atoms with Gasteiger partial charge in [0.25, 0.3) is 0 Å². The SMILES string of the molecule is [CH](COc1ccccc1)Cc1ccccc1. The molecule has 1 heteroatoms. The predicted octanol–water partition coefficient (Wildman–Crippen LogP) is 3.51. The third-order valence-electron chi connectivity index (χ3n) is 2.33. The van der Waals surface area contributed by atoms with E-state index in [1.165, 1.54) is 5.56 Å². The Morgan fingerprint density at radius 3 is 2.12 bits per heavy atom. The molecule has 1 nitrogen and oxygen atoms in total. The minimum atomic E-state index is 0.652. The van der Waals surface area contributed by atoms with E-state index in [4.69, 9.17) is 4.74 Å². The van der Waals surface area contributed by atoms with E-state index in [0.717, 1.165) is 12.2 Å². The molecule has 0 aliphatic carbocycles. The van der Waals surface area contributed by atoms with E-state index < -0.39 is 0 Å². The fourth-order valence-corrected chi connectivity index (χ4v) is 1.51. The summed E-state index contributed by atoms with van der Waals surface area (Å²) in [6, 6.07) is 20.3. The van der Waals surface area contributed by atoms with Crippen molar-refractivity contribution in [2.24, 2.45) is 0 Å². The van der Waals surface area contributed by atoms with E-state index in [2.05, 4.69) is 30.7 Å². The summed E-state index contributed by atoms with van der Waals surface area (Å²) in [5, 5.41) is 0. The Morgan fingerprint density at radius 1 is 0.812 bits per heavy atom. The van der Waals surface area contributed by atoms with Crippen molar-refractivity contribution >= 4 is 0 Å². The Labute approximate surface area is 96.7 Å². The molecule has 0 heterocycles. The summed E-state index contributed by atoms with van der Waals surface area (Å²) < 4.78 is 5.57. The lowest BCUT2D eigenvalue weighted by Crippen LogP contribution is -1.99. The van der Waals surface area contributed by atoms with Gasteiger partial charge in [0.05, 0.1) is 6.61 Å². The highest BCUT2D eigenvalue weighted by Crippen LogP contribution is 2.09. The zero-order valence-electron chi connectivity index (χ0n) is 9.17. The molecular weight excluding hydrogens is 196 g/mol. The fourth-order valence-electron chi connectivity index (χ4n) is 1.51. The highest BCUT2D eigenvalue weighted by molar-refractivity contribution is 5.21. The second-order valence-electron chi connectivity index (χ2n) is 3.60. The van der Waals surface area contributed by atoms with E-state index >= 15 is 0 Å². The third-order valence-corrected chi connectivity index (χ3v) is 2.33. The standard InChI is InChI=1S/C15H15O/c1-3-8-14(9-4-1)10-7-13-16-15-11-5-2-6-12-15/h1-9,11-12H,10,13H2. The molecule has 0 fully saturated rings. The summed E-state index contributed by atoms with van der Waals surface area (Å²) in [5.41, 5.74) is 1.32. The quantitative estimate of drug-likeness (QED) is 0.688. The first-order chi connectivity index (χ1) is 7.95. The highest BCUT2D eigenvalue weighted by Gasteiger charge is 1.94. The molecule has 0 unspecified atom stereocenters. The first kappa shape index (κ1) is 10.7. The summed E-state index contributed by atoms with van der Waals surface area (Å²) in [5.74, 6) is 0.923. The average molecular weight is 211 g/mol. The van der Waals surface area contributed by atoms with Crippen LogP contribution >= 0.6 is 0 Å². The van der Waals surface area contributed by atoms with Crippen molar-refractivity contribution in [1.29, 1.82) is 0 Å². The Balaban J connectivity index is 1.70. The van der Waals surface area contributed by atoms with Crippen LogP contribution in [0.3, 0.4) is 0 Å². The van der Waals surface area contributed by atoms with Gasteiger partial charge in [-0.1, -0.05) is 48.5 Å². The molecule has 0 saturated carbocycles. The van der Waals surface area contributed by atoms with Gasteiger partial charge in [-0.3, -0.25) is 0 Å². The van der Waals surface area contributed by atoms with E-state index in [1.54, 1.807) is 0 Å². The summed E-state index contributed by atoms with van der Waals surface area (Å²) >= 11 is 0. The maximum atomic E-state index is 5.57. The van der Waals surface area contributed by atoms with Gasteiger partial charge in [0.2, 0.25) is 0 Å². The number of benzene rings is 2. The molecule has 0 bridgehead atoms. The number of hydrogen-bond donors (Lipinski definition) is 0. The molecule has 0 aliphatic heterocycles. The maximum Gasteiger partial charge on any atom is 0.119 e. The van der Waals surface area contributed by atoms with Gasteiger partial charge in [-0.15, -0.1) is 0 Å². The Morgan fingerprint density at radius 2 is 1.44 bits per heavy atom. The van der Waals surface area contributed by atoms with E-state index in [-0.39, 0.29) is 0 Å². The van der Waals surface area contributed by atoms with Crippen LogP contribution in [0.4, 0.5) is 0 Å². The lowest BCUT2D eigenvalue weighted by atomic mass is 10.1. The molecule has 1 radical (unpaired) electrons. The van der Waals surface area contributed by atoms with Gasteiger partial charge >= 0.3 is 0 Å². The fraction of sp³-hybridized carbons (Fsp3) is 0.133. The van der Waals surface area contributed by atoms with Crippen LogP contribution in [0.2, 0.25) is 0 Å². The maximum absolute atomic E-state index is 5.57. The molecule has 16 heavy (non-hydrogen) atoms. The third kappa shape index (κ3) is 3.43. The van der Waals surface area contributed by atoms with Crippen molar-refractivity contribution in [3.05, 3.63) is 72.6 Å². The lowest BCUT2D eigenvalue weighted by molar-refractivity contribution is 0.346. The normalized spacial score (nSPS) is 10.0. The average Bonchev–Trinajstić information content (AvgIpc) is 2.37. The molecule has 2 aromatic carbocycles. The van der Waals surface area contributed by atoms with Crippen LogP contribution in [0.15, 0.2) is 60.7 Å². The van der Waals surface area contributed by atoms with Gasteiger partial charge in [-0.2, -0.15) is 0 Å². The van der Waals surface area contributed by atoms with Crippen LogP contribution in [0.25, 0.3) is 0 Å². The Kier molecular flexibility index (Phi) is 4.00. The zero-order valence-corrected chi connectivity index (χ0v) is 9.17. The van der Waals surface area contributed by atoms with Gasteiger partial charge in [0.15, 0.2) is 0 Å². The van der Waals surface area contributed by atoms with Crippen LogP contribution in [0.5, 0.6) is 5.75 Å². The molecule has 81 valence electrons. The largest absolute Gasteiger partial charge is 0.493 e. The second-order valence-corrected chi connectivity index (χ2v) is 3.60. The summed E-state index contributed by atoms with van der Waals surface area (Å²) in [7, 11) is 0. The number of para-hydroxylation sites is 1. The second kappa shape index (κ2) is 5.96. The van der Waals surface area contributed by atoms with Crippen molar-refractivity contribution in [2.45, 2.75) is 6.42 Å². The number of rotatable bonds is 5. The monoisotopic (exact) mass is 211 g/mol. The molecule has 0 atom stereocenters. The highest BCUT2D eigenvalue weighted by atomic mass is 16.5. The molecule has 0 amide bonds. The Bertz CT molecular complexity index is 353. The van der Waals surface area contributed by atoms with Gasteiger partial charge < -0.3 is 4.74 Å². The van der Waals surface area contributed by atoms with Crippen LogP contribution < -0.4 is 4.74 Å². The van der Waals surface area contributed by atoms with Crippen molar-refractivity contribution in [3.63, 3.8) is 0 Å². The molecular formula is C15H15O. The van der Waals surface area contributed by atoms with Crippen LogP contribution in [-0.2, 0) is 6.42 Å². The van der Waals surface area contributed by atoms with Crippen LogP contribution in [0.1, 0.15) is 5.56 Å². The van der Waals surface area contributed by atoms with Gasteiger partial charge in [0, 0.05) is 6.42 Å².